The van der Waals surface area contributed by atoms with Gasteiger partial charge in [0, 0.05) is 29.2 Å². The zero-order valence-electron chi connectivity index (χ0n) is 20.7. The first-order valence-corrected chi connectivity index (χ1v) is 12.9. The molecule has 0 spiro atoms. The predicted octanol–water partition coefficient (Wildman–Crippen LogP) is 5.11. The van der Waals surface area contributed by atoms with Crippen molar-refractivity contribution in [3.8, 4) is 5.75 Å². The van der Waals surface area contributed by atoms with E-state index in [0.29, 0.717) is 16.4 Å². The fourth-order valence-corrected chi connectivity index (χ4v) is 5.05. The second kappa shape index (κ2) is 11.8. The molecule has 0 saturated heterocycles. The van der Waals surface area contributed by atoms with Gasteiger partial charge in [0.2, 0.25) is 0 Å². The van der Waals surface area contributed by atoms with Gasteiger partial charge in [0.1, 0.15) is 23.1 Å². The number of nitrogens with zero attached hydrogens (tertiary/aromatic N) is 2. The number of hydrogen-bond donors (Lipinski definition) is 3. The van der Waals surface area contributed by atoms with Gasteiger partial charge in [0.25, 0.3) is 11.6 Å². The van der Waals surface area contributed by atoms with Crippen molar-refractivity contribution in [2.24, 2.45) is 0 Å². The van der Waals surface area contributed by atoms with E-state index in [1.165, 1.54) is 35.6 Å². The van der Waals surface area contributed by atoms with E-state index in [-0.39, 0.29) is 30.3 Å². The minimum atomic E-state index is -0.498. The summed E-state index contributed by atoms with van der Waals surface area (Å²) in [4.78, 5) is 40.2. The molecule has 1 fully saturated rings. The first-order chi connectivity index (χ1) is 17.8. The molecular weight excluding hydrogens is 494 g/mol. The van der Waals surface area contributed by atoms with Crippen molar-refractivity contribution >= 4 is 34.6 Å². The number of rotatable bonds is 8. The second-order valence-electron chi connectivity index (χ2n) is 9.11. The number of aromatic nitrogens is 1. The van der Waals surface area contributed by atoms with E-state index in [1.807, 2.05) is 26.0 Å². The summed E-state index contributed by atoms with van der Waals surface area (Å²) < 4.78 is 5.85. The Hall–Kier alpha value is -3.99. The van der Waals surface area contributed by atoms with Crippen LogP contribution in [-0.4, -0.2) is 33.9 Å². The standard InChI is InChI=1S/C26H29N5O5S/c1-16-11-17(2)13-20(12-16)36-14-24-28-23(15-37-24)25(32)29-21-5-3-4-6-22(21)30-26(33)27-18-7-9-19(10-8-18)31(34)35/h7-13,15,21-22H,3-6,14H2,1-2H3,(H,29,32)(H2,27,30,33). The van der Waals surface area contributed by atoms with Crippen LogP contribution in [0.1, 0.15) is 52.3 Å². The van der Waals surface area contributed by atoms with Gasteiger partial charge in [-0.2, -0.15) is 0 Å². The van der Waals surface area contributed by atoms with Crippen molar-refractivity contribution in [1.29, 1.82) is 0 Å². The van der Waals surface area contributed by atoms with Gasteiger partial charge in [0.05, 0.1) is 11.0 Å². The Morgan fingerprint density at radius 1 is 1.05 bits per heavy atom. The van der Waals surface area contributed by atoms with Crippen LogP contribution in [0.3, 0.4) is 0 Å². The third-order valence-electron chi connectivity index (χ3n) is 6.08. The van der Waals surface area contributed by atoms with Gasteiger partial charge in [-0.25, -0.2) is 9.78 Å². The van der Waals surface area contributed by atoms with Crippen LogP contribution in [-0.2, 0) is 6.61 Å². The predicted molar refractivity (Wildman–Crippen MR) is 141 cm³/mol. The van der Waals surface area contributed by atoms with Gasteiger partial charge < -0.3 is 20.7 Å². The highest BCUT2D eigenvalue weighted by Crippen LogP contribution is 2.22. The van der Waals surface area contributed by atoms with E-state index in [4.69, 9.17) is 4.74 Å². The molecule has 1 aliphatic rings. The quantitative estimate of drug-likeness (QED) is 0.277. The topological polar surface area (TPSA) is 135 Å². The molecule has 1 saturated carbocycles. The molecule has 4 rings (SSSR count). The van der Waals surface area contributed by atoms with E-state index in [2.05, 4.69) is 27.0 Å². The average molecular weight is 524 g/mol. The minimum absolute atomic E-state index is 0.0527. The SMILES string of the molecule is Cc1cc(C)cc(OCc2nc(C(=O)NC3CCCCC3NC(=O)Nc3ccc([N+](=O)[O-])cc3)cs2)c1. The Balaban J connectivity index is 1.31. The first-order valence-electron chi connectivity index (χ1n) is 12.0. The lowest BCUT2D eigenvalue weighted by molar-refractivity contribution is -0.384. The lowest BCUT2D eigenvalue weighted by atomic mass is 9.90. The summed E-state index contributed by atoms with van der Waals surface area (Å²) in [6, 6.07) is 10.7. The number of aryl methyl sites for hydroxylation is 2. The van der Waals surface area contributed by atoms with Gasteiger partial charge in [-0.15, -0.1) is 11.3 Å². The number of benzene rings is 2. The van der Waals surface area contributed by atoms with E-state index in [9.17, 15) is 19.7 Å². The summed E-state index contributed by atoms with van der Waals surface area (Å²) in [5.41, 5.74) is 2.95. The summed E-state index contributed by atoms with van der Waals surface area (Å²) >= 11 is 1.36. The fraction of sp³-hybridized carbons (Fsp3) is 0.346. The number of nitro benzene ring substituents is 1. The number of anilines is 1. The van der Waals surface area contributed by atoms with Crippen molar-refractivity contribution in [3.63, 3.8) is 0 Å². The van der Waals surface area contributed by atoms with E-state index in [0.717, 1.165) is 42.6 Å². The molecule has 2 aromatic carbocycles. The summed E-state index contributed by atoms with van der Waals surface area (Å²) in [5.74, 6) is 0.477. The van der Waals surface area contributed by atoms with Crippen LogP contribution in [0.5, 0.6) is 5.75 Å². The molecule has 3 N–H and O–H groups in total. The van der Waals surface area contributed by atoms with Crippen LogP contribution in [0.15, 0.2) is 47.8 Å². The molecule has 0 radical (unpaired) electrons. The Morgan fingerprint density at radius 3 is 2.35 bits per heavy atom. The van der Waals surface area contributed by atoms with Crippen LogP contribution in [0.2, 0.25) is 0 Å². The molecule has 0 aliphatic heterocycles. The smallest absolute Gasteiger partial charge is 0.319 e. The molecule has 1 aromatic heterocycles. The van der Waals surface area contributed by atoms with Crippen LogP contribution in [0.25, 0.3) is 0 Å². The highest BCUT2D eigenvalue weighted by Gasteiger charge is 2.29. The van der Waals surface area contributed by atoms with Crippen LogP contribution in [0.4, 0.5) is 16.2 Å². The van der Waals surface area contributed by atoms with E-state index < -0.39 is 11.0 Å². The van der Waals surface area contributed by atoms with Crippen LogP contribution >= 0.6 is 11.3 Å². The molecule has 194 valence electrons. The highest BCUT2D eigenvalue weighted by atomic mass is 32.1. The minimum Gasteiger partial charge on any atom is -0.486 e. The largest absolute Gasteiger partial charge is 0.486 e. The van der Waals surface area contributed by atoms with Crippen molar-refractivity contribution in [1.82, 2.24) is 15.6 Å². The van der Waals surface area contributed by atoms with Crippen molar-refractivity contribution < 1.29 is 19.2 Å². The third-order valence-corrected chi connectivity index (χ3v) is 6.90. The van der Waals surface area contributed by atoms with E-state index in [1.54, 1.807) is 5.38 Å². The number of amides is 3. The Kier molecular flexibility index (Phi) is 8.34. The fourth-order valence-electron chi connectivity index (χ4n) is 4.36. The van der Waals surface area contributed by atoms with Gasteiger partial charge in [0.15, 0.2) is 0 Å². The van der Waals surface area contributed by atoms with Gasteiger partial charge in [-0.1, -0.05) is 18.9 Å². The first kappa shape index (κ1) is 26.1. The van der Waals surface area contributed by atoms with Gasteiger partial charge in [-0.3, -0.25) is 14.9 Å². The number of urea groups is 1. The Morgan fingerprint density at radius 2 is 1.70 bits per heavy atom. The lowest BCUT2D eigenvalue weighted by Crippen LogP contribution is -2.54. The summed E-state index contributed by atoms with van der Waals surface area (Å²) in [6.45, 7) is 4.30. The molecule has 37 heavy (non-hydrogen) atoms. The zero-order valence-corrected chi connectivity index (χ0v) is 21.5. The molecule has 11 heteroatoms. The number of thiazole rings is 1. The Labute approximate surface area is 218 Å². The van der Waals surface area contributed by atoms with Gasteiger partial charge >= 0.3 is 6.03 Å². The molecular formula is C26H29N5O5S. The second-order valence-corrected chi connectivity index (χ2v) is 10.1. The maximum absolute atomic E-state index is 12.9. The third kappa shape index (κ3) is 7.26. The normalized spacial score (nSPS) is 17.0. The van der Waals surface area contributed by atoms with Gasteiger partial charge in [-0.05, 0) is 62.1 Å². The molecule has 3 aromatic rings. The lowest BCUT2D eigenvalue weighted by Gasteiger charge is -2.32. The zero-order chi connectivity index (χ0) is 26.4. The van der Waals surface area contributed by atoms with Crippen LogP contribution in [0, 0.1) is 24.0 Å². The number of nitrogens with one attached hydrogen (secondary N) is 3. The number of carbonyl (C=O) groups excluding carboxylic acids is 2. The number of hydrogen-bond acceptors (Lipinski definition) is 7. The van der Waals surface area contributed by atoms with E-state index >= 15 is 0 Å². The summed E-state index contributed by atoms with van der Waals surface area (Å²) in [5, 5.41) is 21.8. The van der Waals surface area contributed by atoms with Crippen LogP contribution < -0.4 is 20.7 Å². The maximum atomic E-state index is 12.9. The monoisotopic (exact) mass is 523 g/mol. The molecule has 1 heterocycles. The number of nitro groups is 1. The van der Waals surface area contributed by atoms with Crippen molar-refractivity contribution in [2.45, 2.75) is 58.2 Å². The molecule has 3 amide bonds. The number of carbonyl (C=O) groups is 2. The molecule has 0 bridgehead atoms. The molecule has 10 nitrogen and oxygen atoms in total. The number of ether oxygens (including phenoxy) is 1. The number of non-ortho nitro benzene ring substituents is 1. The molecule has 1 aliphatic carbocycles. The molecule has 2 atom stereocenters. The Bertz CT molecular complexity index is 1260. The molecule has 2 unspecified atom stereocenters. The highest BCUT2D eigenvalue weighted by molar-refractivity contribution is 7.09. The maximum Gasteiger partial charge on any atom is 0.319 e. The van der Waals surface area contributed by atoms with Crippen molar-refractivity contribution in [3.05, 3.63) is 79.8 Å². The van der Waals surface area contributed by atoms with Crippen molar-refractivity contribution in [2.75, 3.05) is 5.32 Å². The summed E-state index contributed by atoms with van der Waals surface area (Å²) in [6.07, 6.45) is 3.34. The summed E-state index contributed by atoms with van der Waals surface area (Å²) in [7, 11) is 0. The average Bonchev–Trinajstić information content (AvgIpc) is 3.33.